The zero-order chi connectivity index (χ0) is 20.4. The number of carbonyl (C=O) groups excluding carboxylic acids is 2. The molecule has 160 valence electrons. The molecule has 7 heteroatoms. The second-order valence-electron chi connectivity index (χ2n) is 7.65. The molecule has 1 atom stereocenters. The molecule has 3 amide bonds. The maximum atomic E-state index is 13.6. The van der Waals surface area contributed by atoms with E-state index in [2.05, 4.69) is 41.8 Å². The Kier molecular flexibility index (Phi) is 7.00. The number of amides is 3. The summed E-state index contributed by atoms with van der Waals surface area (Å²) in [6.07, 6.45) is 1.00. The van der Waals surface area contributed by atoms with Gasteiger partial charge < -0.3 is 15.5 Å². The van der Waals surface area contributed by atoms with E-state index in [0.29, 0.717) is 25.2 Å². The molecule has 0 aliphatic carbocycles. The molecule has 2 fully saturated rings. The minimum absolute atomic E-state index is 0. The van der Waals surface area contributed by atoms with Gasteiger partial charge >= 0.3 is 6.03 Å². The first-order valence-corrected chi connectivity index (χ1v) is 10.4. The van der Waals surface area contributed by atoms with Crippen molar-refractivity contribution in [3.05, 3.63) is 64.7 Å². The first-order chi connectivity index (χ1) is 14.1. The Hall–Kier alpha value is -2.57. The smallest absolute Gasteiger partial charge is 0.322 e. The molecule has 0 radical (unpaired) electrons. The third-order valence-corrected chi connectivity index (χ3v) is 5.96. The number of benzene rings is 2. The minimum Gasteiger partial charge on any atom is -0.336 e. The van der Waals surface area contributed by atoms with Gasteiger partial charge in [-0.1, -0.05) is 37.3 Å². The molecular weight excluding hydrogens is 400 g/mol. The third kappa shape index (κ3) is 4.16. The monoisotopic (exact) mass is 428 g/mol. The molecule has 2 aliphatic rings. The number of hydrogen-bond donors (Lipinski definition) is 2. The summed E-state index contributed by atoms with van der Waals surface area (Å²) in [7, 11) is 0. The van der Waals surface area contributed by atoms with Gasteiger partial charge in [0.15, 0.2) is 0 Å². The Balaban J connectivity index is 0.00000256. The molecule has 0 aromatic heterocycles. The average Bonchev–Trinajstić information content (AvgIpc) is 3.19. The van der Waals surface area contributed by atoms with Gasteiger partial charge in [0, 0.05) is 44.0 Å². The molecule has 2 aliphatic heterocycles. The van der Waals surface area contributed by atoms with E-state index in [1.807, 2.05) is 30.0 Å². The van der Waals surface area contributed by atoms with Crippen LogP contribution in [0.25, 0.3) is 0 Å². The summed E-state index contributed by atoms with van der Waals surface area (Å²) < 4.78 is 0. The predicted molar refractivity (Wildman–Crippen MR) is 122 cm³/mol. The van der Waals surface area contributed by atoms with Crippen molar-refractivity contribution in [1.82, 2.24) is 15.5 Å². The predicted octanol–water partition coefficient (Wildman–Crippen LogP) is 3.30. The van der Waals surface area contributed by atoms with E-state index in [1.165, 1.54) is 5.56 Å². The zero-order valence-corrected chi connectivity index (χ0v) is 18.3. The molecule has 4 rings (SSSR count). The van der Waals surface area contributed by atoms with Gasteiger partial charge in [-0.2, -0.15) is 0 Å². The highest BCUT2D eigenvalue weighted by atomic mass is 35.5. The number of halogens is 1. The molecule has 30 heavy (non-hydrogen) atoms. The summed E-state index contributed by atoms with van der Waals surface area (Å²) in [5.74, 6) is 0.0232. The van der Waals surface area contributed by atoms with Crippen LogP contribution in [0.1, 0.15) is 40.0 Å². The molecule has 2 heterocycles. The van der Waals surface area contributed by atoms with Crippen LogP contribution in [-0.2, 0) is 6.42 Å². The van der Waals surface area contributed by atoms with Crippen LogP contribution in [0, 0.1) is 6.92 Å². The van der Waals surface area contributed by atoms with Crippen molar-refractivity contribution < 1.29 is 9.59 Å². The lowest BCUT2D eigenvalue weighted by atomic mass is 9.98. The second-order valence-corrected chi connectivity index (χ2v) is 7.65. The lowest BCUT2D eigenvalue weighted by Gasteiger charge is -2.37. The Labute approximate surface area is 184 Å². The third-order valence-electron chi connectivity index (χ3n) is 5.96. The number of rotatable bonds is 4. The quantitative estimate of drug-likeness (QED) is 0.785. The highest BCUT2D eigenvalue weighted by Crippen LogP contribution is 2.29. The molecule has 2 saturated heterocycles. The van der Waals surface area contributed by atoms with Crippen LogP contribution in [0.5, 0.6) is 0 Å². The fourth-order valence-electron chi connectivity index (χ4n) is 4.22. The van der Waals surface area contributed by atoms with E-state index in [4.69, 9.17) is 0 Å². The molecule has 1 unspecified atom stereocenters. The Morgan fingerprint density at radius 3 is 2.53 bits per heavy atom. The minimum atomic E-state index is -0.103. The Bertz CT molecular complexity index is 916. The van der Waals surface area contributed by atoms with Gasteiger partial charge in [0.05, 0.1) is 6.04 Å². The lowest BCUT2D eigenvalue weighted by Crippen LogP contribution is -2.48. The normalized spacial score (nSPS) is 18.7. The average molecular weight is 429 g/mol. The summed E-state index contributed by atoms with van der Waals surface area (Å²) >= 11 is 0. The van der Waals surface area contributed by atoms with Gasteiger partial charge in [-0.3, -0.25) is 9.69 Å². The lowest BCUT2D eigenvalue weighted by molar-refractivity contribution is 0.0633. The topological polar surface area (TPSA) is 64.7 Å². The van der Waals surface area contributed by atoms with Gasteiger partial charge in [-0.25, -0.2) is 4.79 Å². The van der Waals surface area contributed by atoms with Crippen LogP contribution in [0.4, 0.5) is 10.5 Å². The van der Waals surface area contributed by atoms with E-state index in [1.54, 1.807) is 4.90 Å². The fraction of sp³-hybridized carbons (Fsp3) is 0.391. The first-order valence-electron chi connectivity index (χ1n) is 10.4. The SMILES string of the molecule is CCc1ccc(C2CNCCN2C(=O)c2cccc(N3CCNC3=O)c2C)cc1.Cl. The maximum absolute atomic E-state index is 13.6. The summed E-state index contributed by atoms with van der Waals surface area (Å²) in [6.45, 7) is 7.51. The van der Waals surface area contributed by atoms with E-state index in [-0.39, 0.29) is 30.4 Å². The molecule has 2 aromatic rings. The van der Waals surface area contributed by atoms with E-state index >= 15 is 0 Å². The van der Waals surface area contributed by atoms with Crippen molar-refractivity contribution in [2.24, 2.45) is 0 Å². The number of anilines is 1. The van der Waals surface area contributed by atoms with E-state index < -0.39 is 0 Å². The standard InChI is InChI=1S/C23H28N4O2.ClH/c1-3-17-7-9-18(10-8-17)21-15-24-11-13-26(21)22(28)19-5-4-6-20(16(19)2)27-14-12-25-23(27)29;/h4-10,21,24H,3,11-15H2,1-2H3,(H,25,29);1H. The van der Waals surface area contributed by atoms with E-state index in [9.17, 15) is 9.59 Å². The molecule has 0 bridgehead atoms. The number of hydrogen-bond acceptors (Lipinski definition) is 3. The number of piperazine rings is 1. The maximum Gasteiger partial charge on any atom is 0.322 e. The molecule has 0 saturated carbocycles. The number of nitrogens with one attached hydrogen (secondary N) is 2. The van der Waals surface area contributed by atoms with Crippen molar-refractivity contribution in [2.45, 2.75) is 26.3 Å². The highest BCUT2D eigenvalue weighted by molar-refractivity contribution is 6.00. The summed E-state index contributed by atoms with van der Waals surface area (Å²) in [5, 5.41) is 6.25. The van der Waals surface area contributed by atoms with Gasteiger partial charge in [0.25, 0.3) is 5.91 Å². The highest BCUT2D eigenvalue weighted by Gasteiger charge is 2.31. The van der Waals surface area contributed by atoms with Crippen LogP contribution in [0.15, 0.2) is 42.5 Å². The Morgan fingerprint density at radius 2 is 1.87 bits per heavy atom. The second kappa shape index (κ2) is 9.49. The summed E-state index contributed by atoms with van der Waals surface area (Å²) in [4.78, 5) is 29.3. The Morgan fingerprint density at radius 1 is 1.10 bits per heavy atom. The van der Waals surface area contributed by atoms with Crippen molar-refractivity contribution in [3.8, 4) is 0 Å². The van der Waals surface area contributed by atoms with Crippen LogP contribution in [0.3, 0.4) is 0 Å². The largest absolute Gasteiger partial charge is 0.336 e. The first kappa shape index (κ1) is 22.1. The molecular formula is C23H29ClN4O2. The van der Waals surface area contributed by atoms with Gasteiger partial charge in [-0.15, -0.1) is 12.4 Å². The van der Waals surface area contributed by atoms with Crippen molar-refractivity contribution in [3.63, 3.8) is 0 Å². The van der Waals surface area contributed by atoms with Crippen molar-refractivity contribution in [2.75, 3.05) is 37.6 Å². The fourth-order valence-corrected chi connectivity index (χ4v) is 4.22. The summed E-state index contributed by atoms with van der Waals surface area (Å²) in [6, 6.07) is 14.1. The zero-order valence-electron chi connectivity index (χ0n) is 17.5. The van der Waals surface area contributed by atoms with Gasteiger partial charge in [-0.05, 0) is 42.2 Å². The van der Waals surface area contributed by atoms with Crippen LogP contribution in [0.2, 0.25) is 0 Å². The van der Waals surface area contributed by atoms with Gasteiger partial charge in [0.2, 0.25) is 0 Å². The number of aryl methyl sites for hydroxylation is 1. The number of urea groups is 1. The molecule has 2 aromatic carbocycles. The van der Waals surface area contributed by atoms with Crippen LogP contribution >= 0.6 is 12.4 Å². The van der Waals surface area contributed by atoms with Crippen LogP contribution in [-0.4, -0.2) is 49.6 Å². The molecule has 0 spiro atoms. The van der Waals surface area contributed by atoms with Gasteiger partial charge in [0.1, 0.15) is 0 Å². The molecule has 6 nitrogen and oxygen atoms in total. The van der Waals surface area contributed by atoms with Crippen molar-refractivity contribution >= 4 is 30.0 Å². The number of carbonyl (C=O) groups is 2. The molecule has 2 N–H and O–H groups in total. The number of nitrogens with zero attached hydrogens (tertiary/aromatic N) is 2. The van der Waals surface area contributed by atoms with Crippen LogP contribution < -0.4 is 15.5 Å². The van der Waals surface area contributed by atoms with E-state index in [0.717, 1.165) is 36.3 Å². The van der Waals surface area contributed by atoms with Crippen molar-refractivity contribution in [1.29, 1.82) is 0 Å². The summed E-state index contributed by atoms with van der Waals surface area (Å²) in [5.41, 5.74) is 4.77.